The normalized spacial score (nSPS) is 20.6. The van der Waals surface area contributed by atoms with Crippen LogP contribution in [0.2, 0.25) is 0 Å². The molecule has 1 saturated heterocycles. The highest BCUT2D eigenvalue weighted by Gasteiger charge is 2.25. The van der Waals surface area contributed by atoms with Gasteiger partial charge >= 0.3 is 5.97 Å². The van der Waals surface area contributed by atoms with Crippen LogP contribution in [0.5, 0.6) is 0 Å². The van der Waals surface area contributed by atoms with Gasteiger partial charge in [-0.25, -0.2) is 0 Å². The summed E-state index contributed by atoms with van der Waals surface area (Å²) in [5.41, 5.74) is 0. The number of amides is 1. The SMILES string of the molecule is COCCNC(=O)CN1CCCCC1CC(=O)O. The van der Waals surface area contributed by atoms with Crippen molar-refractivity contribution in [3.63, 3.8) is 0 Å². The Labute approximate surface area is 107 Å². The second-order valence-corrected chi connectivity index (χ2v) is 4.56. The Kier molecular flexibility index (Phi) is 6.67. The highest BCUT2D eigenvalue weighted by Crippen LogP contribution is 2.19. The van der Waals surface area contributed by atoms with E-state index in [-0.39, 0.29) is 24.9 Å². The topological polar surface area (TPSA) is 78.9 Å². The lowest BCUT2D eigenvalue weighted by Gasteiger charge is -2.34. The number of piperidine rings is 1. The van der Waals surface area contributed by atoms with Crippen LogP contribution >= 0.6 is 0 Å². The summed E-state index contributed by atoms with van der Waals surface area (Å²) in [6.07, 6.45) is 3.05. The summed E-state index contributed by atoms with van der Waals surface area (Å²) in [6.45, 7) is 2.06. The number of carbonyl (C=O) groups excluding carboxylic acids is 1. The molecule has 6 heteroatoms. The maximum Gasteiger partial charge on any atom is 0.304 e. The Morgan fingerprint density at radius 1 is 1.44 bits per heavy atom. The fourth-order valence-electron chi connectivity index (χ4n) is 2.23. The second kappa shape index (κ2) is 8.05. The smallest absolute Gasteiger partial charge is 0.304 e. The van der Waals surface area contributed by atoms with E-state index in [4.69, 9.17) is 9.84 Å². The monoisotopic (exact) mass is 258 g/mol. The number of carboxylic acid groups (broad SMARTS) is 1. The van der Waals surface area contributed by atoms with Gasteiger partial charge in [0.05, 0.1) is 19.6 Å². The number of nitrogens with one attached hydrogen (secondary N) is 1. The fourth-order valence-corrected chi connectivity index (χ4v) is 2.23. The van der Waals surface area contributed by atoms with Gasteiger partial charge in [0.15, 0.2) is 0 Å². The van der Waals surface area contributed by atoms with Crippen LogP contribution in [-0.4, -0.2) is 61.3 Å². The first-order chi connectivity index (χ1) is 8.63. The summed E-state index contributed by atoms with van der Waals surface area (Å²) < 4.78 is 4.85. The predicted octanol–water partition coefficient (Wildman–Crippen LogP) is 0.0782. The van der Waals surface area contributed by atoms with Crippen molar-refractivity contribution in [2.75, 3.05) is 33.4 Å². The molecule has 1 heterocycles. The summed E-state index contributed by atoms with van der Waals surface area (Å²) >= 11 is 0. The molecule has 0 bridgehead atoms. The number of carboxylic acids is 1. The Hall–Kier alpha value is -1.14. The number of hydrogen-bond donors (Lipinski definition) is 2. The van der Waals surface area contributed by atoms with Crippen LogP contribution in [0, 0.1) is 0 Å². The molecule has 2 N–H and O–H groups in total. The molecule has 0 radical (unpaired) electrons. The number of carbonyl (C=O) groups is 2. The van der Waals surface area contributed by atoms with E-state index in [0.717, 1.165) is 25.8 Å². The molecule has 1 aliphatic rings. The van der Waals surface area contributed by atoms with E-state index in [9.17, 15) is 9.59 Å². The molecule has 6 nitrogen and oxygen atoms in total. The first-order valence-corrected chi connectivity index (χ1v) is 6.35. The van der Waals surface area contributed by atoms with Crippen LogP contribution in [0.25, 0.3) is 0 Å². The minimum Gasteiger partial charge on any atom is -0.481 e. The molecule has 1 amide bonds. The number of nitrogens with zero attached hydrogens (tertiary/aromatic N) is 1. The lowest BCUT2D eigenvalue weighted by molar-refractivity contribution is -0.139. The van der Waals surface area contributed by atoms with Crippen molar-refractivity contribution >= 4 is 11.9 Å². The maximum absolute atomic E-state index is 11.7. The van der Waals surface area contributed by atoms with Crippen LogP contribution in [0.3, 0.4) is 0 Å². The average Bonchev–Trinajstić information content (AvgIpc) is 2.31. The van der Waals surface area contributed by atoms with Crippen LogP contribution in [0.4, 0.5) is 0 Å². The van der Waals surface area contributed by atoms with Gasteiger partial charge < -0.3 is 15.2 Å². The number of rotatable bonds is 7. The second-order valence-electron chi connectivity index (χ2n) is 4.56. The van der Waals surface area contributed by atoms with E-state index in [1.54, 1.807) is 7.11 Å². The van der Waals surface area contributed by atoms with E-state index < -0.39 is 5.97 Å². The number of likely N-dealkylation sites (tertiary alicyclic amines) is 1. The third-order valence-electron chi connectivity index (χ3n) is 3.13. The van der Waals surface area contributed by atoms with E-state index in [1.807, 2.05) is 4.90 Å². The molecule has 0 aliphatic carbocycles. The third kappa shape index (κ3) is 5.46. The van der Waals surface area contributed by atoms with E-state index in [2.05, 4.69) is 5.32 Å². The zero-order chi connectivity index (χ0) is 13.4. The van der Waals surface area contributed by atoms with E-state index >= 15 is 0 Å². The summed E-state index contributed by atoms with van der Waals surface area (Å²) in [4.78, 5) is 24.4. The van der Waals surface area contributed by atoms with E-state index in [1.165, 1.54) is 0 Å². The molecule has 0 spiro atoms. The maximum atomic E-state index is 11.7. The lowest BCUT2D eigenvalue weighted by atomic mass is 9.99. The Morgan fingerprint density at radius 2 is 2.22 bits per heavy atom. The highest BCUT2D eigenvalue weighted by molar-refractivity contribution is 5.78. The van der Waals surface area contributed by atoms with Crippen molar-refractivity contribution in [3.05, 3.63) is 0 Å². The molecular weight excluding hydrogens is 236 g/mol. The summed E-state index contributed by atoms with van der Waals surface area (Å²) in [5.74, 6) is -0.865. The van der Waals surface area contributed by atoms with Crippen molar-refractivity contribution in [1.82, 2.24) is 10.2 Å². The predicted molar refractivity (Wildman–Crippen MR) is 66.4 cm³/mol. The van der Waals surface area contributed by atoms with Gasteiger partial charge in [-0.3, -0.25) is 14.5 Å². The summed E-state index contributed by atoms with van der Waals surface area (Å²) in [6, 6.07) is -0.00979. The Bertz CT molecular complexity index is 283. The van der Waals surface area contributed by atoms with Crippen molar-refractivity contribution in [3.8, 4) is 0 Å². The minimum atomic E-state index is -0.799. The quantitative estimate of drug-likeness (QED) is 0.632. The van der Waals surface area contributed by atoms with E-state index in [0.29, 0.717) is 13.2 Å². The zero-order valence-electron chi connectivity index (χ0n) is 10.9. The van der Waals surface area contributed by atoms with Crippen LogP contribution in [0.15, 0.2) is 0 Å². The fraction of sp³-hybridized carbons (Fsp3) is 0.833. The molecule has 1 aliphatic heterocycles. The molecule has 1 unspecified atom stereocenters. The Balaban J connectivity index is 2.36. The van der Waals surface area contributed by atoms with Crippen molar-refractivity contribution in [1.29, 1.82) is 0 Å². The summed E-state index contributed by atoms with van der Waals surface area (Å²) in [5, 5.41) is 11.6. The van der Waals surface area contributed by atoms with Gasteiger partial charge in [-0.15, -0.1) is 0 Å². The number of methoxy groups -OCH3 is 1. The molecule has 1 atom stereocenters. The molecule has 104 valence electrons. The van der Waals surface area contributed by atoms with Gasteiger partial charge in [0, 0.05) is 19.7 Å². The van der Waals surface area contributed by atoms with Crippen LogP contribution in [0.1, 0.15) is 25.7 Å². The number of ether oxygens (including phenoxy) is 1. The molecule has 0 aromatic carbocycles. The molecule has 0 aromatic rings. The van der Waals surface area contributed by atoms with Gasteiger partial charge in [0.25, 0.3) is 0 Å². The van der Waals surface area contributed by atoms with Gasteiger partial charge in [0.2, 0.25) is 5.91 Å². The average molecular weight is 258 g/mol. The van der Waals surface area contributed by atoms with Gasteiger partial charge in [0.1, 0.15) is 0 Å². The third-order valence-corrected chi connectivity index (χ3v) is 3.13. The number of aliphatic carboxylic acids is 1. The molecule has 1 rings (SSSR count). The molecule has 18 heavy (non-hydrogen) atoms. The zero-order valence-corrected chi connectivity index (χ0v) is 10.9. The molecule has 0 aromatic heterocycles. The highest BCUT2D eigenvalue weighted by atomic mass is 16.5. The van der Waals surface area contributed by atoms with Crippen molar-refractivity contribution in [2.24, 2.45) is 0 Å². The van der Waals surface area contributed by atoms with Gasteiger partial charge in [-0.05, 0) is 19.4 Å². The van der Waals surface area contributed by atoms with Crippen LogP contribution in [-0.2, 0) is 14.3 Å². The first kappa shape index (κ1) is 14.9. The largest absolute Gasteiger partial charge is 0.481 e. The molecule has 1 fully saturated rings. The van der Waals surface area contributed by atoms with Crippen molar-refractivity contribution < 1.29 is 19.4 Å². The van der Waals surface area contributed by atoms with Gasteiger partial charge in [-0.1, -0.05) is 6.42 Å². The van der Waals surface area contributed by atoms with Crippen molar-refractivity contribution in [2.45, 2.75) is 31.7 Å². The standard InChI is InChI=1S/C12H22N2O4/c1-18-7-5-13-11(15)9-14-6-3-2-4-10(14)8-12(16)17/h10H,2-9H2,1H3,(H,13,15)(H,16,17). The van der Waals surface area contributed by atoms with Gasteiger partial charge in [-0.2, -0.15) is 0 Å². The first-order valence-electron chi connectivity index (χ1n) is 6.35. The summed E-state index contributed by atoms with van der Waals surface area (Å²) in [7, 11) is 1.58. The lowest BCUT2D eigenvalue weighted by Crippen LogP contribution is -2.46. The molecular formula is C12H22N2O4. The molecule has 0 saturated carbocycles. The minimum absolute atomic E-state index is 0.00979. The Morgan fingerprint density at radius 3 is 2.89 bits per heavy atom. The number of hydrogen-bond acceptors (Lipinski definition) is 4. The van der Waals surface area contributed by atoms with Crippen LogP contribution < -0.4 is 5.32 Å².